The molecule has 0 saturated carbocycles. The summed E-state index contributed by atoms with van der Waals surface area (Å²) in [4.78, 5) is 10.2. The molecule has 0 aliphatic rings. The molecule has 1 aromatic rings. The minimum absolute atomic E-state index is 0.0167. The summed E-state index contributed by atoms with van der Waals surface area (Å²) in [5.74, 6) is -0.794. The van der Waals surface area contributed by atoms with Crippen LogP contribution >= 0.6 is 0 Å². The van der Waals surface area contributed by atoms with E-state index in [1.807, 2.05) is 43.3 Å². The molecule has 0 heterocycles. The van der Waals surface area contributed by atoms with Crippen molar-refractivity contribution in [2.45, 2.75) is 19.3 Å². The van der Waals surface area contributed by atoms with E-state index in [0.29, 0.717) is 0 Å². The van der Waals surface area contributed by atoms with Gasteiger partial charge in [-0.05, 0) is 11.5 Å². The van der Waals surface area contributed by atoms with Crippen molar-refractivity contribution in [3.8, 4) is 0 Å². The number of carboxylic acids is 1. The van der Waals surface area contributed by atoms with Crippen LogP contribution < -0.4 is 5.11 Å². The lowest BCUT2D eigenvalue weighted by Gasteiger charge is -2.05. The van der Waals surface area contributed by atoms with E-state index >= 15 is 0 Å². The predicted octanol–water partition coefficient (Wildman–Crippen LogP) is 1.49. The molecule has 0 radical (unpaired) electrons. The highest BCUT2D eigenvalue weighted by Crippen LogP contribution is 2.15. The van der Waals surface area contributed by atoms with Crippen LogP contribution in [0.3, 0.4) is 0 Å². The molecular formula is C12H13O2-. The van der Waals surface area contributed by atoms with Crippen molar-refractivity contribution in [1.82, 2.24) is 0 Å². The van der Waals surface area contributed by atoms with E-state index in [2.05, 4.69) is 0 Å². The van der Waals surface area contributed by atoms with Crippen molar-refractivity contribution in [2.24, 2.45) is 0 Å². The van der Waals surface area contributed by atoms with Crippen molar-refractivity contribution in [3.05, 3.63) is 48.0 Å². The summed E-state index contributed by atoms with van der Waals surface area (Å²) >= 11 is 0. The minimum atomic E-state index is -1.04. The average molecular weight is 189 g/mol. The number of carbonyl (C=O) groups is 1. The van der Waals surface area contributed by atoms with Crippen molar-refractivity contribution in [2.75, 3.05) is 0 Å². The summed E-state index contributed by atoms with van der Waals surface area (Å²) in [6, 6.07) is 9.94. The molecule has 0 fully saturated rings. The maximum absolute atomic E-state index is 10.2. The van der Waals surface area contributed by atoms with Gasteiger partial charge in [-0.2, -0.15) is 0 Å². The van der Waals surface area contributed by atoms with Gasteiger partial charge in [-0.15, -0.1) is 0 Å². The Kier molecular flexibility index (Phi) is 3.92. The van der Waals surface area contributed by atoms with Crippen LogP contribution in [0.4, 0.5) is 0 Å². The number of hydrogen-bond donors (Lipinski definition) is 0. The Bertz CT molecular complexity index is 314. The molecule has 1 atom stereocenters. The molecule has 0 aliphatic carbocycles. The predicted molar refractivity (Wildman–Crippen MR) is 53.6 cm³/mol. The third-order valence-electron chi connectivity index (χ3n) is 2.03. The summed E-state index contributed by atoms with van der Waals surface area (Å²) in [6.45, 7) is 2.03. The summed E-state index contributed by atoms with van der Waals surface area (Å²) in [5, 5.41) is 10.2. The molecule has 0 aromatic heterocycles. The van der Waals surface area contributed by atoms with Gasteiger partial charge in [-0.25, -0.2) is 0 Å². The summed E-state index contributed by atoms with van der Waals surface area (Å²) < 4.78 is 0. The number of carboxylic acid groups (broad SMARTS) is 1. The van der Waals surface area contributed by atoms with E-state index in [0.717, 1.165) is 0 Å². The van der Waals surface area contributed by atoms with Gasteiger partial charge in [0.15, 0.2) is 0 Å². The van der Waals surface area contributed by atoms with E-state index in [4.69, 9.17) is 0 Å². The van der Waals surface area contributed by atoms with Gasteiger partial charge in [0, 0.05) is 12.4 Å². The van der Waals surface area contributed by atoms with Crippen molar-refractivity contribution in [1.29, 1.82) is 0 Å². The van der Waals surface area contributed by atoms with E-state index in [-0.39, 0.29) is 12.3 Å². The number of rotatable bonds is 4. The largest absolute Gasteiger partial charge is 0.550 e. The average Bonchev–Trinajstić information content (AvgIpc) is 2.18. The van der Waals surface area contributed by atoms with Crippen molar-refractivity contribution < 1.29 is 9.90 Å². The van der Waals surface area contributed by atoms with Gasteiger partial charge in [0.25, 0.3) is 0 Å². The Morgan fingerprint density at radius 2 is 2.07 bits per heavy atom. The molecule has 2 nitrogen and oxygen atoms in total. The Hall–Kier alpha value is -1.57. The fraction of sp³-hybridized carbons (Fsp3) is 0.250. The van der Waals surface area contributed by atoms with Crippen LogP contribution in [0.2, 0.25) is 0 Å². The molecule has 0 bridgehead atoms. The van der Waals surface area contributed by atoms with E-state index < -0.39 is 5.97 Å². The molecule has 14 heavy (non-hydrogen) atoms. The monoisotopic (exact) mass is 189 g/mol. The second-order valence-electron chi connectivity index (χ2n) is 3.20. The molecular weight excluding hydrogens is 176 g/mol. The lowest BCUT2D eigenvalue weighted by atomic mass is 10.0. The molecule has 74 valence electrons. The Morgan fingerprint density at radius 3 is 2.64 bits per heavy atom. The first kappa shape index (κ1) is 10.5. The lowest BCUT2D eigenvalue weighted by Crippen LogP contribution is -2.20. The quantitative estimate of drug-likeness (QED) is 0.673. The smallest absolute Gasteiger partial charge is 0.0452 e. The third-order valence-corrected chi connectivity index (χ3v) is 2.03. The summed E-state index contributed by atoms with van der Waals surface area (Å²) in [6.07, 6.45) is 3.50. The van der Waals surface area contributed by atoms with E-state index in [1.165, 1.54) is 5.56 Å². The Morgan fingerprint density at radius 1 is 1.43 bits per heavy atom. The van der Waals surface area contributed by atoms with Crippen LogP contribution in [0.5, 0.6) is 0 Å². The number of allylic oxidation sites excluding steroid dienone is 1. The van der Waals surface area contributed by atoms with Crippen LogP contribution in [0.25, 0.3) is 0 Å². The fourth-order valence-corrected chi connectivity index (χ4v) is 1.24. The van der Waals surface area contributed by atoms with Gasteiger partial charge in [0.2, 0.25) is 0 Å². The standard InChI is InChI=1S/C12H14O2/c1-10(6-5-9-12(13)14)11-7-3-2-4-8-11/h2-8,10H,9H2,1H3,(H,13,14)/p-1/b6-5-/t10-/m1/s1. The van der Waals surface area contributed by atoms with Crippen LogP contribution in [0.1, 0.15) is 24.8 Å². The molecule has 0 aliphatic heterocycles. The zero-order valence-corrected chi connectivity index (χ0v) is 8.14. The normalized spacial score (nSPS) is 12.9. The SMILES string of the molecule is C[C@H](/C=C\CC(=O)[O-])c1ccccc1. The van der Waals surface area contributed by atoms with Gasteiger partial charge in [0.05, 0.1) is 0 Å². The molecule has 1 rings (SSSR count). The van der Waals surface area contributed by atoms with E-state index in [1.54, 1.807) is 6.08 Å². The number of benzene rings is 1. The first-order chi connectivity index (χ1) is 6.70. The zero-order valence-electron chi connectivity index (χ0n) is 8.14. The minimum Gasteiger partial charge on any atom is -0.550 e. The fourth-order valence-electron chi connectivity index (χ4n) is 1.24. The maximum Gasteiger partial charge on any atom is 0.0452 e. The Balaban J connectivity index is 2.54. The van der Waals surface area contributed by atoms with Crippen molar-refractivity contribution in [3.63, 3.8) is 0 Å². The number of carbonyl (C=O) groups excluding carboxylic acids is 1. The number of hydrogen-bond acceptors (Lipinski definition) is 2. The molecule has 1 aromatic carbocycles. The highest BCUT2D eigenvalue weighted by atomic mass is 16.4. The van der Waals surface area contributed by atoms with Crippen LogP contribution in [-0.4, -0.2) is 5.97 Å². The summed E-state index contributed by atoms with van der Waals surface area (Å²) in [5.41, 5.74) is 1.18. The van der Waals surface area contributed by atoms with Gasteiger partial charge >= 0.3 is 0 Å². The lowest BCUT2D eigenvalue weighted by molar-refractivity contribution is -0.304. The van der Waals surface area contributed by atoms with Crippen LogP contribution in [0, 0.1) is 0 Å². The molecule has 0 amide bonds. The first-order valence-corrected chi connectivity index (χ1v) is 4.61. The molecule has 2 heteroatoms. The molecule has 0 spiro atoms. The van der Waals surface area contributed by atoms with Crippen LogP contribution in [0.15, 0.2) is 42.5 Å². The van der Waals surface area contributed by atoms with Gasteiger partial charge in [-0.1, -0.05) is 49.4 Å². The van der Waals surface area contributed by atoms with Crippen molar-refractivity contribution >= 4 is 5.97 Å². The molecule has 0 saturated heterocycles. The number of aliphatic carboxylic acids is 1. The van der Waals surface area contributed by atoms with Gasteiger partial charge < -0.3 is 9.90 Å². The first-order valence-electron chi connectivity index (χ1n) is 4.61. The molecule has 0 N–H and O–H groups in total. The van der Waals surface area contributed by atoms with Gasteiger partial charge in [-0.3, -0.25) is 0 Å². The highest BCUT2D eigenvalue weighted by Gasteiger charge is 1.98. The highest BCUT2D eigenvalue weighted by molar-refractivity contribution is 5.66. The second-order valence-corrected chi connectivity index (χ2v) is 3.20. The summed E-state index contributed by atoms with van der Waals surface area (Å²) in [7, 11) is 0. The molecule has 0 unspecified atom stereocenters. The van der Waals surface area contributed by atoms with E-state index in [9.17, 15) is 9.90 Å². The second kappa shape index (κ2) is 5.22. The van der Waals surface area contributed by atoms with Gasteiger partial charge in [0.1, 0.15) is 0 Å². The van der Waals surface area contributed by atoms with Crippen LogP contribution in [-0.2, 0) is 4.79 Å². The topological polar surface area (TPSA) is 40.1 Å². The Labute approximate surface area is 83.9 Å². The zero-order chi connectivity index (χ0) is 10.4. The third kappa shape index (κ3) is 3.44. The maximum atomic E-state index is 10.2.